The van der Waals surface area contributed by atoms with Gasteiger partial charge in [0.2, 0.25) is 0 Å². The van der Waals surface area contributed by atoms with E-state index in [4.69, 9.17) is 0 Å². The summed E-state index contributed by atoms with van der Waals surface area (Å²) in [4.78, 5) is 2.68. The maximum Gasteiger partial charge on any atom is 0.0440 e. The van der Waals surface area contributed by atoms with E-state index in [2.05, 4.69) is 24.8 Å². The van der Waals surface area contributed by atoms with E-state index < -0.39 is 0 Å². The molecule has 1 unspecified atom stereocenters. The van der Waals surface area contributed by atoms with E-state index >= 15 is 0 Å². The number of aryl methyl sites for hydroxylation is 2. The highest BCUT2D eigenvalue weighted by Crippen LogP contribution is 2.52. The standard InChI is InChI=1S/C16H21N/c1-11-9-12-5-4-8-17-10-16(2)7-3-6-13(11)14(16)15(12)17/h9H,3-8,10H2,1-2H3. The Balaban J connectivity index is 2.07. The molecule has 4 rings (SSSR count). The van der Waals surface area contributed by atoms with E-state index in [1.807, 2.05) is 0 Å². The number of anilines is 1. The van der Waals surface area contributed by atoms with Gasteiger partial charge in [0.1, 0.15) is 0 Å². The molecule has 90 valence electrons. The third-order valence-electron chi connectivity index (χ3n) is 5.20. The number of rotatable bonds is 0. The van der Waals surface area contributed by atoms with Crippen molar-refractivity contribution in [2.75, 3.05) is 18.0 Å². The molecule has 17 heavy (non-hydrogen) atoms. The molecule has 1 aromatic carbocycles. The van der Waals surface area contributed by atoms with E-state index in [0.29, 0.717) is 5.41 Å². The van der Waals surface area contributed by atoms with Crippen LogP contribution in [0.5, 0.6) is 0 Å². The molecule has 2 heterocycles. The summed E-state index contributed by atoms with van der Waals surface area (Å²) in [5.41, 5.74) is 8.76. The maximum atomic E-state index is 2.68. The minimum Gasteiger partial charge on any atom is -0.370 e. The molecular formula is C16H21N. The Morgan fingerprint density at radius 1 is 1.24 bits per heavy atom. The Labute approximate surface area is 104 Å². The van der Waals surface area contributed by atoms with Crippen LogP contribution in [0.4, 0.5) is 5.69 Å². The first-order chi connectivity index (χ1) is 8.19. The molecule has 0 aromatic heterocycles. The molecule has 1 aromatic rings. The first kappa shape index (κ1) is 9.99. The van der Waals surface area contributed by atoms with Crippen molar-refractivity contribution in [3.05, 3.63) is 28.3 Å². The van der Waals surface area contributed by atoms with Crippen LogP contribution in [0.15, 0.2) is 6.07 Å². The summed E-state index contributed by atoms with van der Waals surface area (Å²) in [7, 11) is 0. The molecule has 0 bridgehead atoms. The van der Waals surface area contributed by atoms with Crippen LogP contribution in [0.3, 0.4) is 0 Å². The summed E-state index contributed by atoms with van der Waals surface area (Å²) in [6.45, 7) is 7.40. The largest absolute Gasteiger partial charge is 0.370 e. The lowest BCUT2D eigenvalue weighted by Gasteiger charge is -2.32. The normalized spacial score (nSPS) is 29.4. The fourth-order valence-corrected chi connectivity index (χ4v) is 4.53. The molecule has 1 aliphatic carbocycles. The van der Waals surface area contributed by atoms with Crippen molar-refractivity contribution < 1.29 is 0 Å². The molecule has 1 atom stereocenters. The highest BCUT2D eigenvalue weighted by Gasteiger charge is 2.44. The summed E-state index contributed by atoms with van der Waals surface area (Å²) in [6, 6.07) is 2.48. The molecule has 0 saturated heterocycles. The van der Waals surface area contributed by atoms with Gasteiger partial charge >= 0.3 is 0 Å². The van der Waals surface area contributed by atoms with E-state index in [1.165, 1.54) is 45.2 Å². The first-order valence-corrected chi connectivity index (χ1v) is 7.10. The van der Waals surface area contributed by atoms with Crippen LogP contribution < -0.4 is 4.90 Å². The zero-order valence-electron chi connectivity index (χ0n) is 11.0. The van der Waals surface area contributed by atoms with Gasteiger partial charge in [-0.2, -0.15) is 0 Å². The van der Waals surface area contributed by atoms with E-state index in [9.17, 15) is 0 Å². The topological polar surface area (TPSA) is 3.24 Å². The van der Waals surface area contributed by atoms with Crippen LogP contribution in [0, 0.1) is 6.92 Å². The fourth-order valence-electron chi connectivity index (χ4n) is 4.53. The predicted octanol–water partition coefficient (Wildman–Crippen LogP) is 3.36. The van der Waals surface area contributed by atoms with Crippen molar-refractivity contribution in [1.29, 1.82) is 0 Å². The predicted molar refractivity (Wildman–Crippen MR) is 72.0 cm³/mol. The van der Waals surface area contributed by atoms with Crippen LogP contribution in [0.1, 0.15) is 48.4 Å². The molecule has 0 N–H and O–H groups in total. The minimum atomic E-state index is 0.466. The van der Waals surface area contributed by atoms with Gasteiger partial charge in [-0.25, -0.2) is 0 Å². The Morgan fingerprint density at radius 3 is 3.00 bits per heavy atom. The second kappa shape index (κ2) is 3.07. The number of hydrogen-bond donors (Lipinski definition) is 0. The van der Waals surface area contributed by atoms with Gasteiger partial charge in [0.05, 0.1) is 0 Å². The number of nitrogens with zero attached hydrogens (tertiary/aromatic N) is 1. The highest BCUT2D eigenvalue weighted by atomic mass is 15.2. The summed E-state index contributed by atoms with van der Waals surface area (Å²) >= 11 is 0. The molecule has 0 radical (unpaired) electrons. The Kier molecular flexibility index (Phi) is 1.80. The highest BCUT2D eigenvalue weighted by molar-refractivity contribution is 5.72. The third-order valence-corrected chi connectivity index (χ3v) is 5.20. The molecule has 1 heteroatoms. The van der Waals surface area contributed by atoms with Crippen LogP contribution in [0.25, 0.3) is 0 Å². The molecule has 3 aliphatic rings. The van der Waals surface area contributed by atoms with Gasteiger partial charge in [-0.05, 0) is 61.3 Å². The zero-order chi connectivity index (χ0) is 11.6. The molecule has 0 saturated carbocycles. The second-order valence-corrected chi connectivity index (χ2v) is 6.49. The van der Waals surface area contributed by atoms with Gasteiger partial charge in [-0.1, -0.05) is 13.0 Å². The van der Waals surface area contributed by atoms with E-state index in [-0.39, 0.29) is 0 Å². The molecule has 0 fully saturated rings. The van der Waals surface area contributed by atoms with Gasteiger partial charge in [0, 0.05) is 24.2 Å². The quantitative estimate of drug-likeness (QED) is 0.657. The van der Waals surface area contributed by atoms with Crippen LogP contribution in [-0.2, 0) is 18.3 Å². The maximum absolute atomic E-state index is 2.68. The molecule has 0 amide bonds. The summed E-state index contributed by atoms with van der Waals surface area (Å²) in [6.07, 6.45) is 6.75. The lowest BCUT2D eigenvalue weighted by molar-refractivity contribution is 0.417. The van der Waals surface area contributed by atoms with Crippen molar-refractivity contribution >= 4 is 5.69 Å². The van der Waals surface area contributed by atoms with Gasteiger partial charge in [-0.3, -0.25) is 0 Å². The van der Waals surface area contributed by atoms with Gasteiger partial charge in [0.25, 0.3) is 0 Å². The fraction of sp³-hybridized carbons (Fsp3) is 0.625. The molecular weight excluding hydrogens is 206 g/mol. The summed E-state index contributed by atoms with van der Waals surface area (Å²) in [5, 5.41) is 0. The van der Waals surface area contributed by atoms with Crippen molar-refractivity contribution in [3.63, 3.8) is 0 Å². The summed E-state index contributed by atoms with van der Waals surface area (Å²) in [5.74, 6) is 0. The van der Waals surface area contributed by atoms with Crippen molar-refractivity contribution in [2.45, 2.75) is 51.4 Å². The van der Waals surface area contributed by atoms with Crippen molar-refractivity contribution in [3.8, 4) is 0 Å². The number of benzene rings is 1. The van der Waals surface area contributed by atoms with Gasteiger partial charge in [-0.15, -0.1) is 0 Å². The van der Waals surface area contributed by atoms with Gasteiger partial charge < -0.3 is 4.90 Å². The van der Waals surface area contributed by atoms with Crippen molar-refractivity contribution in [2.24, 2.45) is 0 Å². The van der Waals surface area contributed by atoms with Gasteiger partial charge in [0.15, 0.2) is 0 Å². The van der Waals surface area contributed by atoms with Crippen LogP contribution in [0.2, 0.25) is 0 Å². The molecule has 2 aliphatic heterocycles. The van der Waals surface area contributed by atoms with E-state index in [1.54, 1.807) is 27.9 Å². The van der Waals surface area contributed by atoms with Crippen molar-refractivity contribution in [1.82, 2.24) is 0 Å². The monoisotopic (exact) mass is 227 g/mol. The third kappa shape index (κ3) is 1.15. The number of hydrogen-bond acceptors (Lipinski definition) is 1. The SMILES string of the molecule is Cc1cc2c3c4c1CCCC4(C)CN3CCC2. The smallest absolute Gasteiger partial charge is 0.0440 e. The molecule has 0 spiro atoms. The Bertz CT molecular complexity index is 503. The minimum absolute atomic E-state index is 0.466. The Morgan fingerprint density at radius 2 is 2.12 bits per heavy atom. The summed E-state index contributed by atoms with van der Waals surface area (Å²) < 4.78 is 0. The average molecular weight is 227 g/mol. The second-order valence-electron chi connectivity index (χ2n) is 6.49. The van der Waals surface area contributed by atoms with Crippen LogP contribution in [-0.4, -0.2) is 13.1 Å². The van der Waals surface area contributed by atoms with E-state index in [0.717, 1.165) is 0 Å². The lowest BCUT2D eigenvalue weighted by atomic mass is 9.71. The van der Waals surface area contributed by atoms with Crippen LogP contribution >= 0.6 is 0 Å². The first-order valence-electron chi connectivity index (χ1n) is 7.10. The lowest BCUT2D eigenvalue weighted by Crippen LogP contribution is -2.34. The molecule has 1 nitrogen and oxygen atoms in total. The zero-order valence-corrected chi connectivity index (χ0v) is 11.0. The Hall–Kier alpha value is -0.980. The average Bonchev–Trinajstić information content (AvgIpc) is 2.60.